The minimum atomic E-state index is -0.344. The molecule has 3 atom stereocenters. The molecule has 18 heavy (non-hydrogen) atoms. The molecule has 0 unspecified atom stereocenters. The van der Waals surface area contributed by atoms with E-state index in [9.17, 15) is 4.79 Å². The van der Waals surface area contributed by atoms with Crippen LogP contribution in [-0.2, 0) is 4.79 Å². The molecular formula is C17H26O. The minimum absolute atomic E-state index is 0.258. The van der Waals surface area contributed by atoms with Crippen molar-refractivity contribution in [2.45, 2.75) is 46.5 Å². The summed E-state index contributed by atoms with van der Waals surface area (Å²) in [6.45, 7) is 17.9. The lowest BCUT2D eigenvalue weighted by Crippen LogP contribution is -2.49. The van der Waals surface area contributed by atoms with Gasteiger partial charge in [0.25, 0.3) is 0 Å². The summed E-state index contributed by atoms with van der Waals surface area (Å²) in [5.74, 6) is 0.634. The fourth-order valence-corrected chi connectivity index (χ4v) is 3.58. The standard InChI is InChI=1S/C17H26O/c1-7-10-16(5)12-9-14(13(3)4)17(6,11-8-2)15(16)18/h7-8,14H,1-3,9-12H2,4-6H3/t14-,16-,17+/m0/s1. The van der Waals surface area contributed by atoms with Crippen molar-refractivity contribution in [2.24, 2.45) is 16.7 Å². The van der Waals surface area contributed by atoms with E-state index in [4.69, 9.17) is 0 Å². The van der Waals surface area contributed by atoms with Gasteiger partial charge >= 0.3 is 0 Å². The van der Waals surface area contributed by atoms with Crippen LogP contribution in [0.1, 0.15) is 46.5 Å². The number of ketones is 1. The summed E-state index contributed by atoms with van der Waals surface area (Å²) in [6.07, 6.45) is 7.20. The number of rotatable bonds is 5. The zero-order valence-electron chi connectivity index (χ0n) is 12.1. The predicted octanol–water partition coefficient (Wildman–Crippen LogP) is 4.71. The van der Waals surface area contributed by atoms with Crippen molar-refractivity contribution in [2.75, 3.05) is 0 Å². The molecule has 1 rings (SSSR count). The van der Waals surface area contributed by atoms with Crippen LogP contribution in [0.2, 0.25) is 0 Å². The monoisotopic (exact) mass is 246 g/mol. The molecule has 0 aromatic heterocycles. The highest BCUT2D eigenvalue weighted by molar-refractivity contribution is 5.91. The predicted molar refractivity (Wildman–Crippen MR) is 78.4 cm³/mol. The van der Waals surface area contributed by atoms with Gasteiger partial charge in [0.05, 0.1) is 0 Å². The summed E-state index contributed by atoms with van der Waals surface area (Å²) in [7, 11) is 0. The molecule has 1 fully saturated rings. The van der Waals surface area contributed by atoms with Gasteiger partial charge in [-0.05, 0) is 38.5 Å². The van der Waals surface area contributed by atoms with Gasteiger partial charge < -0.3 is 0 Å². The lowest BCUT2D eigenvalue weighted by atomic mass is 9.54. The van der Waals surface area contributed by atoms with Gasteiger partial charge in [0.2, 0.25) is 0 Å². The Bertz CT molecular complexity index is 379. The van der Waals surface area contributed by atoms with E-state index >= 15 is 0 Å². The molecule has 1 saturated carbocycles. The van der Waals surface area contributed by atoms with Crippen LogP contribution in [0.3, 0.4) is 0 Å². The number of Topliss-reactive ketones (excluding diaryl/α,β-unsaturated/α-hetero) is 1. The van der Waals surface area contributed by atoms with Crippen molar-refractivity contribution in [1.82, 2.24) is 0 Å². The Labute approximate surface area is 112 Å². The highest BCUT2D eigenvalue weighted by atomic mass is 16.1. The van der Waals surface area contributed by atoms with Crippen molar-refractivity contribution in [3.63, 3.8) is 0 Å². The fourth-order valence-electron chi connectivity index (χ4n) is 3.58. The number of carbonyl (C=O) groups is 1. The normalized spacial score (nSPS) is 36.2. The molecule has 0 spiro atoms. The maximum Gasteiger partial charge on any atom is 0.145 e. The molecule has 1 nitrogen and oxygen atoms in total. The lowest BCUT2D eigenvalue weighted by Gasteiger charge is -2.48. The molecule has 0 aromatic rings. The van der Waals surface area contributed by atoms with Crippen molar-refractivity contribution >= 4 is 5.78 Å². The highest BCUT2D eigenvalue weighted by Crippen LogP contribution is 2.52. The van der Waals surface area contributed by atoms with Gasteiger partial charge in [-0.15, -0.1) is 13.2 Å². The molecule has 0 bridgehead atoms. The van der Waals surface area contributed by atoms with Crippen LogP contribution >= 0.6 is 0 Å². The summed E-state index contributed by atoms with van der Waals surface area (Å²) in [5, 5.41) is 0. The van der Waals surface area contributed by atoms with Crippen LogP contribution in [0.4, 0.5) is 0 Å². The van der Waals surface area contributed by atoms with E-state index in [1.165, 1.54) is 0 Å². The first kappa shape index (κ1) is 14.9. The second-order valence-corrected chi connectivity index (χ2v) is 6.23. The number of allylic oxidation sites excluding steroid dienone is 3. The Hall–Kier alpha value is -1.11. The number of hydrogen-bond acceptors (Lipinski definition) is 1. The van der Waals surface area contributed by atoms with Gasteiger partial charge in [0.1, 0.15) is 5.78 Å². The Morgan fingerprint density at radius 1 is 1.33 bits per heavy atom. The molecule has 0 aliphatic heterocycles. The number of carbonyl (C=O) groups excluding carboxylic acids is 1. The Kier molecular flexibility index (Phi) is 4.37. The molecule has 0 heterocycles. The summed E-state index contributed by atoms with van der Waals surface area (Å²) in [4.78, 5) is 12.9. The number of hydrogen-bond donors (Lipinski definition) is 0. The van der Waals surface area contributed by atoms with E-state index in [1.54, 1.807) is 0 Å². The summed E-state index contributed by atoms with van der Waals surface area (Å²) < 4.78 is 0. The van der Waals surface area contributed by atoms with Crippen LogP contribution in [-0.4, -0.2) is 5.78 Å². The van der Waals surface area contributed by atoms with Crippen molar-refractivity contribution in [3.05, 3.63) is 37.5 Å². The molecule has 100 valence electrons. The third kappa shape index (κ3) is 2.36. The van der Waals surface area contributed by atoms with Gasteiger partial charge in [0, 0.05) is 10.8 Å². The Balaban J connectivity index is 3.17. The Morgan fingerprint density at radius 2 is 1.89 bits per heavy atom. The molecule has 0 saturated heterocycles. The first-order valence-electron chi connectivity index (χ1n) is 6.74. The van der Waals surface area contributed by atoms with E-state index in [0.29, 0.717) is 5.78 Å². The maximum atomic E-state index is 12.9. The first-order chi connectivity index (χ1) is 8.31. The molecule has 0 amide bonds. The van der Waals surface area contributed by atoms with E-state index in [0.717, 1.165) is 31.3 Å². The zero-order valence-corrected chi connectivity index (χ0v) is 12.1. The summed E-state index contributed by atoms with van der Waals surface area (Å²) in [5.41, 5.74) is 0.517. The van der Waals surface area contributed by atoms with E-state index in [-0.39, 0.29) is 16.7 Å². The quantitative estimate of drug-likeness (QED) is 0.642. The molecule has 1 aliphatic carbocycles. The first-order valence-corrected chi connectivity index (χ1v) is 6.74. The van der Waals surface area contributed by atoms with Crippen molar-refractivity contribution in [3.8, 4) is 0 Å². The van der Waals surface area contributed by atoms with Gasteiger partial charge in [-0.3, -0.25) is 4.79 Å². The van der Waals surface area contributed by atoms with E-state index in [2.05, 4.69) is 33.6 Å². The maximum absolute atomic E-state index is 12.9. The molecule has 0 radical (unpaired) electrons. The van der Waals surface area contributed by atoms with Crippen molar-refractivity contribution < 1.29 is 4.79 Å². The van der Waals surface area contributed by atoms with E-state index < -0.39 is 0 Å². The minimum Gasteiger partial charge on any atom is -0.298 e. The van der Waals surface area contributed by atoms with Crippen LogP contribution in [0, 0.1) is 16.7 Å². The highest BCUT2D eigenvalue weighted by Gasteiger charge is 2.51. The smallest absolute Gasteiger partial charge is 0.145 e. The molecule has 0 N–H and O–H groups in total. The largest absolute Gasteiger partial charge is 0.298 e. The molecule has 0 aromatic carbocycles. The zero-order chi connectivity index (χ0) is 14.0. The van der Waals surface area contributed by atoms with Crippen LogP contribution in [0.5, 0.6) is 0 Å². The van der Waals surface area contributed by atoms with Crippen LogP contribution < -0.4 is 0 Å². The van der Waals surface area contributed by atoms with Gasteiger partial charge in [-0.2, -0.15) is 0 Å². The average molecular weight is 246 g/mol. The Morgan fingerprint density at radius 3 is 2.33 bits per heavy atom. The van der Waals surface area contributed by atoms with Gasteiger partial charge in [-0.1, -0.05) is 38.2 Å². The second kappa shape index (κ2) is 5.26. The average Bonchev–Trinajstić information content (AvgIpc) is 2.27. The van der Waals surface area contributed by atoms with Gasteiger partial charge in [-0.25, -0.2) is 0 Å². The summed E-state index contributed by atoms with van der Waals surface area (Å²) in [6, 6.07) is 0. The van der Waals surface area contributed by atoms with Crippen molar-refractivity contribution in [1.29, 1.82) is 0 Å². The molecule has 1 aliphatic rings. The fraction of sp³-hybridized carbons (Fsp3) is 0.588. The van der Waals surface area contributed by atoms with Crippen LogP contribution in [0.25, 0.3) is 0 Å². The summed E-state index contributed by atoms with van der Waals surface area (Å²) >= 11 is 0. The van der Waals surface area contributed by atoms with Gasteiger partial charge in [0.15, 0.2) is 0 Å². The second-order valence-electron chi connectivity index (χ2n) is 6.23. The SMILES string of the molecule is C=CC[C@@]1(C)CC[C@@H](C(=C)C)[C@@](C)(CC=C)C1=O. The third-order valence-electron chi connectivity index (χ3n) is 4.58. The topological polar surface area (TPSA) is 17.1 Å². The van der Waals surface area contributed by atoms with E-state index in [1.807, 2.05) is 19.1 Å². The van der Waals surface area contributed by atoms with Crippen LogP contribution in [0.15, 0.2) is 37.5 Å². The molecule has 1 heteroatoms. The lowest BCUT2D eigenvalue weighted by molar-refractivity contribution is -0.144. The third-order valence-corrected chi connectivity index (χ3v) is 4.58. The molecular weight excluding hydrogens is 220 g/mol.